The minimum atomic E-state index is -2.70. The molecule has 4 nitrogen and oxygen atoms in total. The summed E-state index contributed by atoms with van der Waals surface area (Å²) >= 11 is 0. The van der Waals surface area contributed by atoms with E-state index in [0.717, 1.165) is 6.07 Å². The Kier molecular flexibility index (Phi) is 4.00. The zero-order valence-electron chi connectivity index (χ0n) is 8.83. The second kappa shape index (κ2) is 5.26. The lowest BCUT2D eigenvalue weighted by Crippen LogP contribution is -2.03. The smallest absolute Gasteiger partial charge is 0.264 e. The van der Waals surface area contributed by atoms with Crippen molar-refractivity contribution in [3.8, 4) is 17.8 Å². The van der Waals surface area contributed by atoms with E-state index in [2.05, 4.69) is 4.98 Å². The summed E-state index contributed by atoms with van der Waals surface area (Å²) in [6.45, 7) is 0. The highest BCUT2D eigenvalue weighted by Gasteiger charge is 2.20. The number of methoxy groups -OCH3 is 2. The normalized spacial score (nSPS) is 10.0. The van der Waals surface area contributed by atoms with E-state index >= 15 is 0 Å². The van der Waals surface area contributed by atoms with E-state index in [1.165, 1.54) is 14.2 Å². The summed E-state index contributed by atoms with van der Waals surface area (Å²) in [5, 5.41) is 8.56. The van der Waals surface area contributed by atoms with E-state index in [-0.39, 0.29) is 29.3 Å². The van der Waals surface area contributed by atoms with E-state index in [9.17, 15) is 8.78 Å². The summed E-state index contributed by atoms with van der Waals surface area (Å²) in [5.41, 5.74) is -0.189. The number of ether oxygens (including phenoxy) is 2. The maximum Gasteiger partial charge on any atom is 0.264 e. The largest absolute Gasteiger partial charge is 0.481 e. The maximum atomic E-state index is 12.7. The molecule has 16 heavy (non-hydrogen) atoms. The van der Waals surface area contributed by atoms with Crippen LogP contribution in [0.3, 0.4) is 0 Å². The van der Waals surface area contributed by atoms with Crippen molar-refractivity contribution in [2.24, 2.45) is 0 Å². The predicted octanol–water partition coefficient (Wildman–Crippen LogP) is 2.10. The number of alkyl halides is 2. The summed E-state index contributed by atoms with van der Waals surface area (Å²) in [5.74, 6) is 0.0324. The number of aromatic nitrogens is 1. The number of nitriles is 1. The van der Waals surface area contributed by atoms with E-state index in [0.29, 0.717) is 0 Å². The Morgan fingerprint density at radius 3 is 2.56 bits per heavy atom. The Bertz CT molecular complexity index is 416. The molecule has 1 aromatic rings. The highest BCUT2D eigenvalue weighted by Crippen LogP contribution is 2.31. The summed E-state index contributed by atoms with van der Waals surface area (Å²) in [7, 11) is 2.62. The first-order chi connectivity index (χ1) is 7.63. The highest BCUT2D eigenvalue weighted by atomic mass is 19.3. The number of hydrogen-bond donors (Lipinski definition) is 0. The lowest BCUT2D eigenvalue weighted by molar-refractivity contribution is 0.149. The zero-order valence-corrected chi connectivity index (χ0v) is 8.83. The summed E-state index contributed by atoms with van der Waals surface area (Å²) in [6.07, 6.45) is -2.88. The van der Waals surface area contributed by atoms with Crippen LogP contribution < -0.4 is 9.47 Å². The second-order valence-electron chi connectivity index (χ2n) is 2.88. The first-order valence-electron chi connectivity index (χ1n) is 4.41. The highest BCUT2D eigenvalue weighted by molar-refractivity contribution is 5.41. The Labute approximate surface area is 91.4 Å². The van der Waals surface area contributed by atoms with Crippen molar-refractivity contribution in [3.63, 3.8) is 0 Å². The average Bonchev–Trinajstić information content (AvgIpc) is 2.29. The van der Waals surface area contributed by atoms with Crippen molar-refractivity contribution >= 4 is 0 Å². The number of hydrogen-bond acceptors (Lipinski definition) is 4. The quantitative estimate of drug-likeness (QED) is 0.791. The monoisotopic (exact) mass is 228 g/mol. The fourth-order valence-electron chi connectivity index (χ4n) is 1.27. The van der Waals surface area contributed by atoms with Gasteiger partial charge in [0.2, 0.25) is 11.8 Å². The summed E-state index contributed by atoms with van der Waals surface area (Å²) in [4.78, 5) is 3.84. The average molecular weight is 228 g/mol. The van der Waals surface area contributed by atoms with Crippen molar-refractivity contribution in [1.29, 1.82) is 5.26 Å². The molecular formula is C10H10F2N2O2. The van der Waals surface area contributed by atoms with Crippen LogP contribution in [0, 0.1) is 11.3 Å². The van der Waals surface area contributed by atoms with Gasteiger partial charge in [0.1, 0.15) is 0 Å². The van der Waals surface area contributed by atoms with Crippen LogP contribution in [0.2, 0.25) is 0 Å². The van der Waals surface area contributed by atoms with Crippen molar-refractivity contribution in [3.05, 3.63) is 17.2 Å². The Balaban J connectivity index is 3.36. The van der Waals surface area contributed by atoms with Crippen LogP contribution in [0.15, 0.2) is 6.07 Å². The van der Waals surface area contributed by atoms with Gasteiger partial charge in [0, 0.05) is 17.2 Å². The standard InChI is InChI=1S/C10H10F2N2O2/c1-15-8-5-7(9(11)12)6(3-4-13)10(14-8)16-2/h5,9H,3H2,1-2H3. The van der Waals surface area contributed by atoms with E-state index in [1.54, 1.807) is 6.07 Å². The van der Waals surface area contributed by atoms with E-state index in [1.807, 2.05) is 0 Å². The SMILES string of the molecule is COc1cc(C(F)F)c(CC#N)c(OC)n1. The minimum absolute atomic E-state index is 0.00352. The van der Waals surface area contributed by atoms with Crippen LogP contribution >= 0.6 is 0 Å². The van der Waals surface area contributed by atoms with Gasteiger partial charge in [-0.15, -0.1) is 0 Å². The molecule has 0 spiro atoms. The molecule has 6 heteroatoms. The molecule has 0 radical (unpaired) electrons. The molecule has 1 heterocycles. The lowest BCUT2D eigenvalue weighted by Gasteiger charge is -2.12. The first kappa shape index (κ1) is 12.2. The van der Waals surface area contributed by atoms with Gasteiger partial charge in [0.05, 0.1) is 26.7 Å². The summed E-state index contributed by atoms with van der Waals surface area (Å²) in [6, 6.07) is 2.91. The van der Waals surface area contributed by atoms with E-state index < -0.39 is 6.43 Å². The molecule has 0 atom stereocenters. The molecule has 1 rings (SSSR count). The zero-order chi connectivity index (χ0) is 12.1. The second-order valence-corrected chi connectivity index (χ2v) is 2.88. The molecule has 0 bridgehead atoms. The third-order valence-corrected chi connectivity index (χ3v) is 1.99. The molecule has 1 aromatic heterocycles. The number of rotatable bonds is 4. The number of halogens is 2. The minimum Gasteiger partial charge on any atom is -0.481 e. The van der Waals surface area contributed by atoms with Gasteiger partial charge in [0.15, 0.2) is 0 Å². The number of nitrogens with zero attached hydrogens (tertiary/aromatic N) is 2. The van der Waals surface area contributed by atoms with Gasteiger partial charge >= 0.3 is 0 Å². The van der Waals surface area contributed by atoms with Crippen LogP contribution in [0.5, 0.6) is 11.8 Å². The molecule has 0 amide bonds. The molecule has 0 saturated heterocycles. The molecule has 0 aliphatic rings. The van der Waals surface area contributed by atoms with Crippen molar-refractivity contribution in [2.45, 2.75) is 12.8 Å². The van der Waals surface area contributed by atoms with Crippen LogP contribution in [-0.2, 0) is 6.42 Å². The number of pyridine rings is 1. The molecule has 0 fully saturated rings. The topological polar surface area (TPSA) is 55.1 Å². The fourth-order valence-corrected chi connectivity index (χ4v) is 1.27. The van der Waals surface area contributed by atoms with E-state index in [4.69, 9.17) is 14.7 Å². The Hall–Kier alpha value is -1.90. The Morgan fingerprint density at radius 1 is 1.44 bits per heavy atom. The van der Waals surface area contributed by atoms with Gasteiger partial charge in [-0.05, 0) is 0 Å². The van der Waals surface area contributed by atoms with Crippen LogP contribution in [0.25, 0.3) is 0 Å². The van der Waals surface area contributed by atoms with Crippen LogP contribution in [-0.4, -0.2) is 19.2 Å². The predicted molar refractivity (Wildman–Crippen MR) is 51.6 cm³/mol. The maximum absolute atomic E-state index is 12.7. The third kappa shape index (κ3) is 2.37. The van der Waals surface area contributed by atoms with Gasteiger partial charge in [-0.3, -0.25) is 0 Å². The molecule has 0 aromatic carbocycles. The third-order valence-electron chi connectivity index (χ3n) is 1.99. The summed E-state index contributed by atoms with van der Waals surface area (Å²) < 4.78 is 35.1. The van der Waals surface area contributed by atoms with Crippen molar-refractivity contribution in [1.82, 2.24) is 4.98 Å². The van der Waals surface area contributed by atoms with Gasteiger partial charge < -0.3 is 9.47 Å². The first-order valence-corrected chi connectivity index (χ1v) is 4.41. The molecule has 0 aliphatic carbocycles. The molecule has 0 aliphatic heterocycles. The Morgan fingerprint density at radius 2 is 2.12 bits per heavy atom. The van der Waals surface area contributed by atoms with Gasteiger partial charge in [-0.1, -0.05) is 0 Å². The van der Waals surface area contributed by atoms with Gasteiger partial charge in [-0.2, -0.15) is 10.2 Å². The van der Waals surface area contributed by atoms with Crippen molar-refractivity contribution < 1.29 is 18.3 Å². The van der Waals surface area contributed by atoms with Crippen molar-refractivity contribution in [2.75, 3.05) is 14.2 Å². The molecule has 0 unspecified atom stereocenters. The van der Waals surface area contributed by atoms with Gasteiger partial charge in [-0.25, -0.2) is 8.78 Å². The molecule has 0 saturated carbocycles. The fraction of sp³-hybridized carbons (Fsp3) is 0.400. The molecular weight excluding hydrogens is 218 g/mol. The van der Waals surface area contributed by atoms with Gasteiger partial charge in [0.25, 0.3) is 6.43 Å². The lowest BCUT2D eigenvalue weighted by atomic mass is 10.1. The van der Waals surface area contributed by atoms with Crippen LogP contribution in [0.4, 0.5) is 8.78 Å². The molecule has 0 N–H and O–H groups in total. The van der Waals surface area contributed by atoms with Crippen LogP contribution in [0.1, 0.15) is 17.6 Å². The molecule has 86 valence electrons.